The van der Waals surface area contributed by atoms with Gasteiger partial charge in [0.25, 0.3) is 0 Å². The number of nitrogens with zero attached hydrogens (tertiary/aromatic N) is 2. The Morgan fingerprint density at radius 3 is 2.65 bits per heavy atom. The van der Waals surface area contributed by atoms with Crippen molar-refractivity contribution in [2.75, 3.05) is 33.7 Å². The van der Waals surface area contributed by atoms with Crippen molar-refractivity contribution in [3.05, 3.63) is 0 Å². The minimum Gasteiger partial charge on any atom is -0.343 e. The minimum absolute atomic E-state index is 0.115. The Balaban J connectivity index is 2.02. The quantitative estimate of drug-likeness (QED) is 0.784. The summed E-state index contributed by atoms with van der Waals surface area (Å²) in [6.07, 6.45) is 6.18. The Bertz CT molecular complexity index is 263. The molecule has 2 rings (SSSR count). The molecule has 17 heavy (non-hydrogen) atoms. The molecule has 4 heteroatoms. The van der Waals surface area contributed by atoms with Gasteiger partial charge in [-0.2, -0.15) is 0 Å². The number of nitrogens with one attached hydrogen (secondary N) is 1. The number of carbonyl (C=O) groups is 1. The van der Waals surface area contributed by atoms with Crippen LogP contribution in [-0.2, 0) is 4.79 Å². The third kappa shape index (κ3) is 2.80. The molecule has 2 fully saturated rings. The summed E-state index contributed by atoms with van der Waals surface area (Å²) in [4.78, 5) is 16.6. The van der Waals surface area contributed by atoms with Gasteiger partial charge in [-0.1, -0.05) is 12.8 Å². The van der Waals surface area contributed by atoms with E-state index in [1.165, 1.54) is 25.7 Å². The molecule has 0 spiro atoms. The summed E-state index contributed by atoms with van der Waals surface area (Å²) in [6.45, 7) is 2.88. The first kappa shape index (κ1) is 12.8. The summed E-state index contributed by atoms with van der Waals surface area (Å²) in [6, 6.07) is 0.777. The van der Waals surface area contributed by atoms with E-state index in [0.717, 1.165) is 26.1 Å². The third-order valence-corrected chi connectivity index (χ3v) is 4.22. The molecule has 1 unspecified atom stereocenters. The highest BCUT2D eigenvalue weighted by Crippen LogP contribution is 2.27. The normalized spacial score (nSPS) is 28.0. The SMILES string of the molecule is CNCCC1C(=O)N(C)CCN1C1CCCC1. The van der Waals surface area contributed by atoms with Crippen molar-refractivity contribution >= 4 is 5.91 Å². The van der Waals surface area contributed by atoms with Gasteiger partial charge in [0.2, 0.25) is 5.91 Å². The molecule has 1 atom stereocenters. The maximum absolute atomic E-state index is 12.3. The Labute approximate surface area is 104 Å². The van der Waals surface area contributed by atoms with Crippen LogP contribution in [0.1, 0.15) is 32.1 Å². The zero-order valence-electron chi connectivity index (χ0n) is 11.1. The van der Waals surface area contributed by atoms with E-state index < -0.39 is 0 Å². The Kier molecular flexibility index (Phi) is 4.40. The first-order valence-corrected chi connectivity index (χ1v) is 6.89. The van der Waals surface area contributed by atoms with Crippen LogP contribution in [-0.4, -0.2) is 61.5 Å². The van der Waals surface area contributed by atoms with Gasteiger partial charge < -0.3 is 10.2 Å². The van der Waals surface area contributed by atoms with Gasteiger partial charge in [0.05, 0.1) is 6.04 Å². The van der Waals surface area contributed by atoms with Crippen molar-refractivity contribution in [2.24, 2.45) is 0 Å². The molecule has 1 amide bonds. The van der Waals surface area contributed by atoms with E-state index in [0.29, 0.717) is 11.9 Å². The number of hydrogen-bond donors (Lipinski definition) is 1. The van der Waals surface area contributed by atoms with Crippen LogP contribution in [0.2, 0.25) is 0 Å². The second-order valence-corrected chi connectivity index (χ2v) is 5.34. The highest BCUT2D eigenvalue weighted by molar-refractivity contribution is 5.82. The molecule has 1 saturated carbocycles. The van der Waals surface area contributed by atoms with Gasteiger partial charge in [-0.05, 0) is 32.9 Å². The van der Waals surface area contributed by atoms with Gasteiger partial charge in [0, 0.05) is 26.2 Å². The lowest BCUT2D eigenvalue weighted by atomic mass is 10.0. The van der Waals surface area contributed by atoms with Gasteiger partial charge in [0.1, 0.15) is 0 Å². The lowest BCUT2D eigenvalue weighted by Crippen LogP contribution is -2.58. The molecule has 1 saturated heterocycles. The summed E-state index contributed by atoms with van der Waals surface area (Å²) >= 11 is 0. The predicted octanol–water partition coefficient (Wildman–Crippen LogP) is 0.681. The fraction of sp³-hybridized carbons (Fsp3) is 0.923. The van der Waals surface area contributed by atoms with Gasteiger partial charge in [-0.3, -0.25) is 9.69 Å². The van der Waals surface area contributed by atoms with Crippen LogP contribution < -0.4 is 5.32 Å². The lowest BCUT2D eigenvalue weighted by Gasteiger charge is -2.42. The summed E-state index contributed by atoms with van der Waals surface area (Å²) < 4.78 is 0. The van der Waals surface area contributed by atoms with E-state index in [2.05, 4.69) is 10.2 Å². The Hall–Kier alpha value is -0.610. The van der Waals surface area contributed by atoms with Crippen molar-refractivity contribution in [3.63, 3.8) is 0 Å². The molecule has 1 heterocycles. The minimum atomic E-state index is 0.115. The molecule has 0 bridgehead atoms. The Morgan fingerprint density at radius 2 is 2.00 bits per heavy atom. The van der Waals surface area contributed by atoms with E-state index >= 15 is 0 Å². The topological polar surface area (TPSA) is 35.6 Å². The van der Waals surface area contributed by atoms with Crippen molar-refractivity contribution < 1.29 is 4.79 Å². The van der Waals surface area contributed by atoms with Crippen LogP contribution in [0.5, 0.6) is 0 Å². The van der Waals surface area contributed by atoms with E-state index in [1.54, 1.807) is 0 Å². The van der Waals surface area contributed by atoms with Crippen molar-refractivity contribution in [3.8, 4) is 0 Å². The first-order valence-electron chi connectivity index (χ1n) is 6.89. The maximum atomic E-state index is 12.3. The maximum Gasteiger partial charge on any atom is 0.239 e. The van der Waals surface area contributed by atoms with Crippen LogP contribution in [0.4, 0.5) is 0 Å². The molecule has 0 aromatic rings. The van der Waals surface area contributed by atoms with Crippen LogP contribution in [0.3, 0.4) is 0 Å². The number of carbonyl (C=O) groups excluding carboxylic acids is 1. The van der Waals surface area contributed by atoms with Crippen molar-refractivity contribution in [1.29, 1.82) is 0 Å². The number of hydrogen-bond acceptors (Lipinski definition) is 3. The van der Waals surface area contributed by atoms with E-state index in [4.69, 9.17) is 0 Å². The second kappa shape index (κ2) is 5.83. The van der Waals surface area contributed by atoms with E-state index in [9.17, 15) is 4.79 Å². The van der Waals surface area contributed by atoms with Crippen LogP contribution >= 0.6 is 0 Å². The standard InChI is InChI=1S/C13H25N3O/c1-14-8-7-12-13(17)15(2)9-10-16(12)11-5-3-4-6-11/h11-12,14H,3-10H2,1-2H3. The average Bonchev–Trinajstić information content (AvgIpc) is 2.84. The average molecular weight is 239 g/mol. The fourth-order valence-electron chi connectivity index (χ4n) is 3.17. The summed E-state index contributed by atoms with van der Waals surface area (Å²) in [7, 11) is 3.89. The number of likely N-dealkylation sites (N-methyl/N-ethyl adjacent to an activating group) is 1. The molecule has 0 radical (unpaired) electrons. The molecule has 1 aliphatic carbocycles. The highest BCUT2D eigenvalue weighted by Gasteiger charge is 2.37. The third-order valence-electron chi connectivity index (χ3n) is 4.22. The van der Waals surface area contributed by atoms with Gasteiger partial charge in [-0.25, -0.2) is 0 Å². The lowest BCUT2D eigenvalue weighted by molar-refractivity contribution is -0.142. The van der Waals surface area contributed by atoms with E-state index in [1.807, 2.05) is 19.0 Å². The molecule has 98 valence electrons. The molecule has 0 aromatic heterocycles. The van der Waals surface area contributed by atoms with Crippen LogP contribution in [0, 0.1) is 0 Å². The zero-order valence-corrected chi connectivity index (χ0v) is 11.1. The molecular weight excluding hydrogens is 214 g/mol. The first-order chi connectivity index (χ1) is 8.24. The smallest absolute Gasteiger partial charge is 0.239 e. The highest BCUT2D eigenvalue weighted by atomic mass is 16.2. The summed E-state index contributed by atoms with van der Waals surface area (Å²) in [5.41, 5.74) is 0. The largest absolute Gasteiger partial charge is 0.343 e. The van der Waals surface area contributed by atoms with Gasteiger partial charge in [0.15, 0.2) is 0 Å². The summed E-state index contributed by atoms with van der Waals surface area (Å²) in [5.74, 6) is 0.318. The van der Waals surface area contributed by atoms with Gasteiger partial charge >= 0.3 is 0 Å². The number of piperazine rings is 1. The van der Waals surface area contributed by atoms with E-state index in [-0.39, 0.29) is 6.04 Å². The molecular formula is C13H25N3O. The zero-order chi connectivity index (χ0) is 12.3. The monoisotopic (exact) mass is 239 g/mol. The van der Waals surface area contributed by atoms with Crippen molar-refractivity contribution in [2.45, 2.75) is 44.2 Å². The number of rotatable bonds is 4. The number of amides is 1. The molecule has 1 aliphatic heterocycles. The summed E-state index contributed by atoms with van der Waals surface area (Å²) in [5, 5.41) is 3.16. The Morgan fingerprint density at radius 1 is 1.29 bits per heavy atom. The van der Waals surface area contributed by atoms with Crippen molar-refractivity contribution in [1.82, 2.24) is 15.1 Å². The molecule has 1 N–H and O–H groups in total. The molecule has 2 aliphatic rings. The van der Waals surface area contributed by atoms with Gasteiger partial charge in [-0.15, -0.1) is 0 Å². The van der Waals surface area contributed by atoms with Crippen LogP contribution in [0.25, 0.3) is 0 Å². The second-order valence-electron chi connectivity index (χ2n) is 5.34. The van der Waals surface area contributed by atoms with Crippen LogP contribution in [0.15, 0.2) is 0 Å². The molecule has 4 nitrogen and oxygen atoms in total. The fourth-order valence-corrected chi connectivity index (χ4v) is 3.17. The predicted molar refractivity (Wildman–Crippen MR) is 68.9 cm³/mol. The molecule has 0 aromatic carbocycles.